The van der Waals surface area contributed by atoms with Gasteiger partial charge in [0.25, 0.3) is 0 Å². The molecule has 0 unspecified atom stereocenters. The Morgan fingerprint density at radius 3 is 2.11 bits per heavy atom. The van der Waals surface area contributed by atoms with E-state index >= 15 is 0 Å². The molecule has 0 aromatic carbocycles. The summed E-state index contributed by atoms with van der Waals surface area (Å²) in [6.45, 7) is 30.8. The summed E-state index contributed by atoms with van der Waals surface area (Å²) in [6, 6.07) is 0. The van der Waals surface area contributed by atoms with Crippen molar-refractivity contribution in [2.24, 2.45) is 11.8 Å². The van der Waals surface area contributed by atoms with E-state index in [1.165, 1.54) is 52.1 Å². The Morgan fingerprint density at radius 2 is 1.54 bits per heavy atom. The number of ether oxygens (including phenoxy) is 1. The summed E-state index contributed by atoms with van der Waals surface area (Å²) in [5.74, 6) is 1.91. The molecule has 7 heteroatoms. The summed E-state index contributed by atoms with van der Waals surface area (Å²) in [5, 5.41) is 0.343. The van der Waals surface area contributed by atoms with Crippen molar-refractivity contribution in [3.05, 3.63) is 22.6 Å². The van der Waals surface area contributed by atoms with Gasteiger partial charge in [-0.15, -0.1) is 11.8 Å². The first-order valence-corrected chi connectivity index (χ1v) is 25.5. The molecule has 0 spiro atoms. The second-order valence-electron chi connectivity index (χ2n) is 17.1. The number of hydrogen-bond donors (Lipinski definition) is 0. The zero-order chi connectivity index (χ0) is 35.2. The van der Waals surface area contributed by atoms with Crippen LogP contribution >= 0.6 is 11.8 Å². The van der Waals surface area contributed by atoms with Crippen molar-refractivity contribution in [2.75, 3.05) is 12.9 Å². The van der Waals surface area contributed by atoms with E-state index in [4.69, 9.17) is 13.6 Å². The van der Waals surface area contributed by atoms with Crippen molar-refractivity contribution in [3.8, 4) is 0 Å². The van der Waals surface area contributed by atoms with Crippen LogP contribution in [0.2, 0.25) is 36.3 Å². The van der Waals surface area contributed by atoms with Gasteiger partial charge in [-0.05, 0) is 91.4 Å². The largest absolute Gasteiger partial charge is 0.469 e. The van der Waals surface area contributed by atoms with Crippen molar-refractivity contribution in [2.45, 2.75) is 194 Å². The van der Waals surface area contributed by atoms with Crippen LogP contribution in [0.4, 0.5) is 0 Å². The van der Waals surface area contributed by atoms with E-state index in [0.29, 0.717) is 12.3 Å². The highest BCUT2D eigenvalue weighted by Crippen LogP contribution is 2.48. The van der Waals surface area contributed by atoms with Gasteiger partial charge in [0.1, 0.15) is 0 Å². The molecule has 1 aliphatic rings. The lowest BCUT2D eigenvalue weighted by Crippen LogP contribution is -2.45. The van der Waals surface area contributed by atoms with E-state index in [-0.39, 0.29) is 34.2 Å². The molecule has 46 heavy (non-hydrogen) atoms. The summed E-state index contributed by atoms with van der Waals surface area (Å²) >= 11 is 2.07. The minimum atomic E-state index is -1.97. The van der Waals surface area contributed by atoms with Gasteiger partial charge in [0.15, 0.2) is 16.6 Å². The maximum Gasteiger partial charge on any atom is 0.305 e. The van der Waals surface area contributed by atoms with Gasteiger partial charge in [0.05, 0.1) is 19.3 Å². The van der Waals surface area contributed by atoms with E-state index in [1.807, 2.05) is 0 Å². The van der Waals surface area contributed by atoms with Crippen LogP contribution in [0.3, 0.4) is 0 Å². The standard InChI is InChI=1S/C39H76O4SSi2/c1-15-17-20-24-32-30-35(43-46(13,14)39(7,8)9)34(37(32)44-28-22-19-21-25-36(40)41-10)27-26-33(29-31(3)23-18-16-2)42-45(11,12)38(4,5)6/h26-27,31,33-35H,15-25,28-30H2,1-14H3/t31-,33-,34+,35-/m1/s1. The van der Waals surface area contributed by atoms with Gasteiger partial charge in [-0.3, -0.25) is 4.79 Å². The van der Waals surface area contributed by atoms with Crippen molar-refractivity contribution in [1.82, 2.24) is 0 Å². The Kier molecular flexibility index (Phi) is 19.3. The third kappa shape index (κ3) is 15.0. The fourth-order valence-electron chi connectivity index (χ4n) is 5.63. The Bertz CT molecular complexity index is 945. The number of methoxy groups -OCH3 is 1. The van der Waals surface area contributed by atoms with Gasteiger partial charge in [0.2, 0.25) is 0 Å². The Morgan fingerprint density at radius 1 is 0.913 bits per heavy atom. The molecule has 0 aromatic rings. The average molecular weight is 697 g/mol. The Labute approximate surface area is 293 Å². The first-order valence-electron chi connectivity index (χ1n) is 18.7. The van der Waals surface area contributed by atoms with Crippen LogP contribution in [0.1, 0.15) is 146 Å². The number of unbranched alkanes of at least 4 members (excludes halogenated alkanes) is 5. The van der Waals surface area contributed by atoms with Crippen LogP contribution in [0, 0.1) is 11.8 Å². The summed E-state index contributed by atoms with van der Waals surface area (Å²) in [6.07, 6.45) is 19.8. The van der Waals surface area contributed by atoms with Gasteiger partial charge in [-0.25, -0.2) is 0 Å². The predicted molar refractivity (Wildman–Crippen MR) is 209 cm³/mol. The number of hydrogen-bond acceptors (Lipinski definition) is 5. The molecule has 0 aliphatic heterocycles. The maximum absolute atomic E-state index is 11.6. The van der Waals surface area contributed by atoms with E-state index in [1.54, 1.807) is 10.5 Å². The van der Waals surface area contributed by atoms with Crippen molar-refractivity contribution < 1.29 is 18.4 Å². The normalized spacial score (nSPS) is 19.7. The highest BCUT2D eigenvalue weighted by molar-refractivity contribution is 8.03. The molecule has 1 aliphatic carbocycles. The SMILES string of the molecule is CCCCCC1=C(SCCCCCC(=O)OC)[C@@H](C=C[C@H](C[C@H](C)CCCC)O[Si](C)(C)C(C)(C)C)[C@H](O[Si](C)(C)C(C)(C)C)C1. The third-order valence-corrected chi connectivity index (χ3v) is 21.2. The lowest BCUT2D eigenvalue weighted by atomic mass is 9.96. The molecule has 4 atom stereocenters. The number of esters is 1. The molecule has 270 valence electrons. The highest BCUT2D eigenvalue weighted by Gasteiger charge is 2.44. The minimum Gasteiger partial charge on any atom is -0.469 e. The van der Waals surface area contributed by atoms with E-state index < -0.39 is 16.6 Å². The van der Waals surface area contributed by atoms with Crippen molar-refractivity contribution in [1.29, 1.82) is 0 Å². The second kappa shape index (κ2) is 20.4. The van der Waals surface area contributed by atoms with Crippen molar-refractivity contribution in [3.63, 3.8) is 0 Å². The molecule has 0 saturated heterocycles. The molecule has 0 saturated carbocycles. The van der Waals surface area contributed by atoms with E-state index in [9.17, 15) is 4.79 Å². The van der Waals surface area contributed by atoms with E-state index in [2.05, 4.69) is 112 Å². The number of carbonyl (C=O) groups is 1. The molecule has 1 rings (SSSR count). The monoisotopic (exact) mass is 697 g/mol. The molecule has 0 fully saturated rings. The third-order valence-electron chi connectivity index (χ3n) is 10.8. The number of rotatable bonds is 22. The van der Waals surface area contributed by atoms with Gasteiger partial charge >= 0.3 is 5.97 Å². The zero-order valence-electron chi connectivity index (χ0n) is 32.9. The summed E-state index contributed by atoms with van der Waals surface area (Å²) < 4.78 is 19.3. The molecule has 4 nitrogen and oxygen atoms in total. The van der Waals surface area contributed by atoms with Crippen LogP contribution in [0.5, 0.6) is 0 Å². The summed E-state index contributed by atoms with van der Waals surface area (Å²) in [4.78, 5) is 13.2. The molecular weight excluding hydrogens is 621 g/mol. The number of carbonyl (C=O) groups excluding carboxylic acids is 1. The number of thioether (sulfide) groups is 1. The molecule has 0 bridgehead atoms. The van der Waals surface area contributed by atoms with E-state index in [0.717, 1.165) is 37.9 Å². The fraction of sp³-hybridized carbons (Fsp3) is 0.872. The summed E-state index contributed by atoms with van der Waals surface area (Å²) in [5.41, 5.74) is 1.63. The van der Waals surface area contributed by atoms with Crippen LogP contribution in [0.25, 0.3) is 0 Å². The lowest BCUT2D eigenvalue weighted by Gasteiger charge is -2.40. The second-order valence-corrected chi connectivity index (χ2v) is 27.7. The van der Waals surface area contributed by atoms with Crippen LogP contribution in [0.15, 0.2) is 22.6 Å². The van der Waals surface area contributed by atoms with Crippen LogP contribution < -0.4 is 0 Å². The van der Waals surface area contributed by atoms with Crippen LogP contribution in [-0.4, -0.2) is 47.7 Å². The maximum atomic E-state index is 11.6. The van der Waals surface area contributed by atoms with Crippen molar-refractivity contribution >= 4 is 34.4 Å². The molecule has 0 heterocycles. The fourth-order valence-corrected chi connectivity index (χ4v) is 9.64. The van der Waals surface area contributed by atoms with Gasteiger partial charge in [0, 0.05) is 12.3 Å². The smallest absolute Gasteiger partial charge is 0.305 e. The predicted octanol–water partition coefficient (Wildman–Crippen LogP) is 12.9. The first-order chi connectivity index (χ1) is 21.3. The highest BCUT2D eigenvalue weighted by atomic mass is 32.2. The van der Waals surface area contributed by atoms with Crippen LogP contribution in [-0.2, 0) is 18.4 Å². The minimum absolute atomic E-state index is 0.0985. The average Bonchev–Trinajstić information content (AvgIpc) is 3.25. The lowest BCUT2D eigenvalue weighted by molar-refractivity contribution is -0.140. The Balaban J connectivity index is 3.45. The van der Waals surface area contributed by atoms with Gasteiger partial charge in [-0.1, -0.05) is 119 Å². The molecule has 0 aromatic heterocycles. The molecule has 0 radical (unpaired) electrons. The van der Waals surface area contributed by atoms with Gasteiger partial charge < -0.3 is 13.6 Å². The quantitative estimate of drug-likeness (QED) is 0.0488. The first kappa shape index (κ1) is 43.7. The van der Waals surface area contributed by atoms with Gasteiger partial charge in [-0.2, -0.15) is 0 Å². The summed E-state index contributed by atoms with van der Waals surface area (Å²) in [7, 11) is -2.44. The zero-order valence-corrected chi connectivity index (χ0v) is 35.7. The topological polar surface area (TPSA) is 44.8 Å². The molecular formula is C39H76O4SSi2. The molecule has 0 N–H and O–H groups in total. The molecule has 0 amide bonds. The Hall–Kier alpha value is -0.346.